The minimum atomic E-state index is -0.252. The lowest BCUT2D eigenvalue weighted by Gasteiger charge is -2.26. The van der Waals surface area contributed by atoms with Crippen LogP contribution >= 0.6 is 0 Å². The van der Waals surface area contributed by atoms with E-state index in [-0.39, 0.29) is 11.2 Å². The van der Waals surface area contributed by atoms with Crippen molar-refractivity contribution >= 4 is 72.3 Å². The first-order chi connectivity index (χ1) is 31.9. The van der Waals surface area contributed by atoms with Gasteiger partial charge in [-0.05, 0) is 153 Å². The van der Waals surface area contributed by atoms with Crippen LogP contribution in [0.4, 0.5) is 21.5 Å². The van der Waals surface area contributed by atoms with Gasteiger partial charge in [-0.25, -0.2) is 4.39 Å². The van der Waals surface area contributed by atoms with Gasteiger partial charge in [0.2, 0.25) is 0 Å². The molecule has 12 rings (SSSR count). The highest BCUT2D eigenvalue weighted by Gasteiger charge is 2.36. The molecule has 0 fully saturated rings. The third kappa shape index (κ3) is 6.52. The highest BCUT2D eigenvalue weighted by atomic mass is 19.1. The van der Waals surface area contributed by atoms with Gasteiger partial charge in [0.15, 0.2) is 0 Å². The molecule has 308 valence electrons. The van der Waals surface area contributed by atoms with Gasteiger partial charge in [0.1, 0.15) is 5.82 Å². The van der Waals surface area contributed by atoms with Gasteiger partial charge in [0.05, 0.1) is 0 Å². The standard InChI is InChI=1S/C63H44FN/c1-63(2)59-38-42(23-22-41-24-31-48(32-25-41)65(49-34-29-47(64)30-35-49)50-33-27-43-12-3-4-14-45(43)39-50)26-36-52(59)53-37-28-46(40-60(53)63)61-55-17-7-9-19-57(55)62(58-20-10-8-18-56(58)61)54-21-11-15-44-13-5-6-16-51(44)54/h3-40H,1-2H3/b23-22+. The van der Waals surface area contributed by atoms with E-state index in [2.05, 4.69) is 225 Å². The van der Waals surface area contributed by atoms with Crippen LogP contribution in [0.15, 0.2) is 218 Å². The number of fused-ring (bicyclic) bond motifs is 7. The number of hydrogen-bond acceptors (Lipinski definition) is 1. The average Bonchev–Trinajstić information content (AvgIpc) is 3.57. The molecule has 1 aliphatic rings. The van der Waals surface area contributed by atoms with Crippen molar-refractivity contribution in [2.24, 2.45) is 0 Å². The van der Waals surface area contributed by atoms with Crippen molar-refractivity contribution in [1.29, 1.82) is 0 Å². The smallest absolute Gasteiger partial charge is 0.123 e. The number of benzene rings is 11. The van der Waals surface area contributed by atoms with Crippen LogP contribution in [0, 0.1) is 5.82 Å². The van der Waals surface area contributed by atoms with Crippen LogP contribution < -0.4 is 4.90 Å². The topological polar surface area (TPSA) is 3.24 Å². The molecular weight excluding hydrogens is 790 g/mol. The predicted molar refractivity (Wildman–Crippen MR) is 275 cm³/mol. The molecule has 0 saturated heterocycles. The molecule has 0 radical (unpaired) electrons. The Morgan fingerprint density at radius 2 is 0.877 bits per heavy atom. The summed E-state index contributed by atoms with van der Waals surface area (Å²) in [7, 11) is 0. The van der Waals surface area contributed by atoms with E-state index in [1.807, 2.05) is 12.1 Å². The molecule has 65 heavy (non-hydrogen) atoms. The summed E-state index contributed by atoms with van der Waals surface area (Å²) in [5.74, 6) is -0.252. The monoisotopic (exact) mass is 833 g/mol. The zero-order valence-electron chi connectivity index (χ0n) is 36.3. The maximum absolute atomic E-state index is 14.1. The number of anilines is 3. The van der Waals surface area contributed by atoms with Crippen molar-refractivity contribution in [3.63, 3.8) is 0 Å². The first-order valence-electron chi connectivity index (χ1n) is 22.4. The second-order valence-corrected chi connectivity index (χ2v) is 17.8. The fourth-order valence-electron chi connectivity index (χ4n) is 10.5. The molecule has 0 aliphatic heterocycles. The minimum Gasteiger partial charge on any atom is -0.310 e. The molecule has 1 nitrogen and oxygen atoms in total. The maximum atomic E-state index is 14.1. The van der Waals surface area contributed by atoms with E-state index in [1.54, 1.807) is 0 Å². The first-order valence-corrected chi connectivity index (χ1v) is 22.4. The largest absolute Gasteiger partial charge is 0.310 e. The van der Waals surface area contributed by atoms with Crippen LogP contribution in [0.5, 0.6) is 0 Å². The van der Waals surface area contributed by atoms with Crippen molar-refractivity contribution in [3.8, 4) is 33.4 Å². The predicted octanol–water partition coefficient (Wildman–Crippen LogP) is 17.7. The molecule has 0 amide bonds. The normalized spacial score (nSPS) is 12.9. The second-order valence-electron chi connectivity index (χ2n) is 17.8. The van der Waals surface area contributed by atoms with E-state index in [0.717, 1.165) is 28.0 Å². The summed E-state index contributed by atoms with van der Waals surface area (Å²) in [6.07, 6.45) is 4.41. The van der Waals surface area contributed by atoms with E-state index >= 15 is 0 Å². The number of hydrogen-bond donors (Lipinski definition) is 0. The summed E-state index contributed by atoms with van der Waals surface area (Å²) < 4.78 is 14.1. The van der Waals surface area contributed by atoms with Gasteiger partial charge in [-0.1, -0.05) is 190 Å². The Hall–Kier alpha value is -8.07. The highest BCUT2D eigenvalue weighted by Crippen LogP contribution is 2.52. The molecule has 11 aromatic carbocycles. The van der Waals surface area contributed by atoms with Gasteiger partial charge >= 0.3 is 0 Å². The van der Waals surface area contributed by atoms with E-state index in [1.165, 1.54) is 99.9 Å². The van der Waals surface area contributed by atoms with Crippen molar-refractivity contribution in [2.75, 3.05) is 4.90 Å². The van der Waals surface area contributed by atoms with Gasteiger partial charge in [0, 0.05) is 22.5 Å². The molecule has 0 heterocycles. The molecule has 0 bridgehead atoms. The Labute approximate surface area is 379 Å². The van der Waals surface area contributed by atoms with Gasteiger partial charge in [-0.2, -0.15) is 0 Å². The lowest BCUT2D eigenvalue weighted by Crippen LogP contribution is -2.15. The lowest BCUT2D eigenvalue weighted by atomic mass is 9.80. The Morgan fingerprint density at radius 3 is 1.57 bits per heavy atom. The molecule has 11 aromatic rings. The van der Waals surface area contributed by atoms with E-state index in [4.69, 9.17) is 0 Å². The molecule has 0 N–H and O–H groups in total. The van der Waals surface area contributed by atoms with Crippen LogP contribution in [-0.4, -0.2) is 0 Å². The summed E-state index contributed by atoms with van der Waals surface area (Å²) in [5, 5.41) is 9.91. The summed E-state index contributed by atoms with van der Waals surface area (Å²) >= 11 is 0. The van der Waals surface area contributed by atoms with Crippen LogP contribution in [0.25, 0.3) is 88.6 Å². The van der Waals surface area contributed by atoms with Gasteiger partial charge in [0.25, 0.3) is 0 Å². The van der Waals surface area contributed by atoms with Crippen LogP contribution in [0.2, 0.25) is 0 Å². The fraction of sp³-hybridized carbons (Fsp3) is 0.0476. The van der Waals surface area contributed by atoms with Crippen LogP contribution in [0.1, 0.15) is 36.1 Å². The molecule has 0 spiro atoms. The first kappa shape index (κ1) is 38.6. The van der Waals surface area contributed by atoms with Crippen molar-refractivity contribution < 1.29 is 4.39 Å². The molecule has 1 aliphatic carbocycles. The number of halogens is 1. The van der Waals surface area contributed by atoms with E-state index < -0.39 is 0 Å². The summed E-state index contributed by atoms with van der Waals surface area (Å²) in [5.41, 5.74) is 15.4. The Kier molecular flexibility index (Phi) is 9.10. The maximum Gasteiger partial charge on any atom is 0.123 e. The zero-order valence-corrected chi connectivity index (χ0v) is 36.3. The Balaban J connectivity index is 0.879. The SMILES string of the molecule is CC1(C)c2cc(/C=C/c3ccc(N(c4ccc(F)cc4)c4ccc5ccccc5c4)cc3)ccc2-c2ccc(-c3c4ccccc4c(-c4cccc5ccccc45)c4ccccc34)cc21. The van der Waals surface area contributed by atoms with Crippen LogP contribution in [0.3, 0.4) is 0 Å². The Bertz CT molecular complexity index is 3630. The van der Waals surface area contributed by atoms with Crippen molar-refractivity contribution in [1.82, 2.24) is 0 Å². The third-order valence-electron chi connectivity index (χ3n) is 13.7. The lowest BCUT2D eigenvalue weighted by molar-refractivity contribution is 0.628. The van der Waals surface area contributed by atoms with Crippen LogP contribution in [-0.2, 0) is 5.41 Å². The van der Waals surface area contributed by atoms with Crippen molar-refractivity contribution in [2.45, 2.75) is 19.3 Å². The average molecular weight is 834 g/mol. The highest BCUT2D eigenvalue weighted by molar-refractivity contribution is 6.23. The molecule has 0 saturated carbocycles. The zero-order chi connectivity index (χ0) is 43.6. The van der Waals surface area contributed by atoms with Gasteiger partial charge in [-0.3, -0.25) is 0 Å². The minimum absolute atomic E-state index is 0.201. The molecule has 0 aromatic heterocycles. The molecular formula is C63H44FN. The number of nitrogens with zero attached hydrogens (tertiary/aromatic N) is 1. The van der Waals surface area contributed by atoms with E-state index in [9.17, 15) is 4.39 Å². The summed E-state index contributed by atoms with van der Waals surface area (Å²) in [6, 6.07) is 77.5. The second kappa shape index (κ2) is 15.3. The van der Waals surface area contributed by atoms with Crippen molar-refractivity contribution in [3.05, 3.63) is 246 Å². The summed E-state index contributed by atoms with van der Waals surface area (Å²) in [6.45, 7) is 4.74. The quantitative estimate of drug-likeness (QED) is 0.114. The Morgan fingerprint density at radius 1 is 0.369 bits per heavy atom. The van der Waals surface area contributed by atoms with Gasteiger partial charge < -0.3 is 4.90 Å². The third-order valence-corrected chi connectivity index (χ3v) is 13.7. The molecule has 2 heteroatoms. The fourth-order valence-corrected chi connectivity index (χ4v) is 10.5. The molecule has 0 atom stereocenters. The molecule has 0 unspecified atom stereocenters. The summed E-state index contributed by atoms with van der Waals surface area (Å²) in [4.78, 5) is 2.18. The van der Waals surface area contributed by atoms with Gasteiger partial charge in [-0.15, -0.1) is 0 Å². The van der Waals surface area contributed by atoms with E-state index in [0.29, 0.717) is 0 Å². The number of rotatable bonds is 7.